The smallest absolute Gasteiger partial charge is 0.140 e. The zero-order valence-corrected chi connectivity index (χ0v) is 10.5. The van der Waals surface area contributed by atoms with Crippen LogP contribution >= 0.6 is 43.6 Å². The second-order valence-corrected chi connectivity index (χ2v) is 4.97. The highest BCUT2D eigenvalue weighted by molar-refractivity contribution is 9.11. The molecular weight excluding hydrogens is 304 g/mol. The highest BCUT2D eigenvalue weighted by atomic mass is 79.9. The maximum absolute atomic E-state index is 4.23. The highest BCUT2D eigenvalue weighted by Crippen LogP contribution is 2.15. The zero-order valence-electron chi connectivity index (χ0n) is 6.55. The van der Waals surface area contributed by atoms with Gasteiger partial charge in [-0.25, -0.2) is 9.97 Å². The van der Waals surface area contributed by atoms with Crippen LogP contribution in [-0.2, 0) is 5.75 Å². The van der Waals surface area contributed by atoms with E-state index in [1.807, 2.05) is 17.8 Å². The molecule has 0 atom stereocenters. The molecule has 0 amide bonds. The predicted octanol–water partition coefficient (Wildman–Crippen LogP) is 3.25. The van der Waals surface area contributed by atoms with Gasteiger partial charge in [-0.05, 0) is 37.6 Å². The first-order valence-corrected chi connectivity index (χ1v) is 6.23. The third-order valence-electron chi connectivity index (χ3n) is 1.15. The van der Waals surface area contributed by atoms with Gasteiger partial charge in [0.25, 0.3) is 0 Å². The van der Waals surface area contributed by atoms with E-state index in [4.69, 9.17) is 0 Å². The molecule has 5 heteroatoms. The number of thioether (sulfide) groups is 1. The van der Waals surface area contributed by atoms with Crippen LogP contribution in [0.25, 0.3) is 0 Å². The zero-order chi connectivity index (χ0) is 8.97. The van der Waals surface area contributed by atoms with Gasteiger partial charge in [-0.3, -0.25) is 0 Å². The number of halogens is 2. The standard InChI is InChI=1S/C7H8Br2N2S/c1-2-12-4-7-10-5(8)3-6(9)11-7/h3H,2,4H2,1H3. The summed E-state index contributed by atoms with van der Waals surface area (Å²) in [5, 5.41) is 0. The summed E-state index contributed by atoms with van der Waals surface area (Å²) in [7, 11) is 0. The van der Waals surface area contributed by atoms with Crippen molar-refractivity contribution in [2.45, 2.75) is 12.7 Å². The minimum Gasteiger partial charge on any atom is -0.225 e. The minimum absolute atomic E-state index is 0.830. The van der Waals surface area contributed by atoms with Gasteiger partial charge in [-0.2, -0.15) is 11.8 Å². The molecule has 0 aliphatic heterocycles. The second kappa shape index (κ2) is 5.19. The fourth-order valence-corrected chi connectivity index (χ4v) is 2.36. The van der Waals surface area contributed by atoms with Crippen molar-refractivity contribution in [1.29, 1.82) is 0 Å². The van der Waals surface area contributed by atoms with Crippen molar-refractivity contribution in [1.82, 2.24) is 9.97 Å². The minimum atomic E-state index is 0.830. The number of aromatic nitrogens is 2. The Morgan fingerprint density at radius 2 is 1.92 bits per heavy atom. The fraction of sp³-hybridized carbons (Fsp3) is 0.429. The Labute approximate surface area is 92.8 Å². The van der Waals surface area contributed by atoms with Crippen LogP contribution in [-0.4, -0.2) is 15.7 Å². The van der Waals surface area contributed by atoms with Crippen LogP contribution in [0.3, 0.4) is 0 Å². The van der Waals surface area contributed by atoms with Crippen molar-refractivity contribution in [2.24, 2.45) is 0 Å². The Morgan fingerprint density at radius 3 is 2.42 bits per heavy atom. The average molecular weight is 312 g/mol. The molecular formula is C7H8Br2N2S. The Bertz CT molecular complexity index is 247. The number of hydrogen-bond acceptors (Lipinski definition) is 3. The third kappa shape index (κ3) is 3.41. The molecule has 1 heterocycles. The van der Waals surface area contributed by atoms with E-state index in [0.717, 1.165) is 26.5 Å². The van der Waals surface area contributed by atoms with Crippen LogP contribution < -0.4 is 0 Å². The maximum atomic E-state index is 4.23. The van der Waals surface area contributed by atoms with Gasteiger partial charge in [0.15, 0.2) is 0 Å². The van der Waals surface area contributed by atoms with E-state index in [1.165, 1.54) is 0 Å². The SMILES string of the molecule is CCSCc1nc(Br)cc(Br)n1. The summed E-state index contributed by atoms with van der Waals surface area (Å²) in [5.74, 6) is 2.82. The molecule has 0 aliphatic rings. The van der Waals surface area contributed by atoms with E-state index < -0.39 is 0 Å². The van der Waals surface area contributed by atoms with Crippen molar-refractivity contribution in [3.05, 3.63) is 21.1 Å². The Hall–Kier alpha value is 0.390. The van der Waals surface area contributed by atoms with Crippen LogP contribution in [0.5, 0.6) is 0 Å². The van der Waals surface area contributed by atoms with Gasteiger partial charge in [0.1, 0.15) is 15.0 Å². The Balaban J connectivity index is 2.72. The third-order valence-corrected chi connectivity index (χ3v) is 2.83. The Morgan fingerprint density at radius 1 is 1.33 bits per heavy atom. The van der Waals surface area contributed by atoms with Gasteiger partial charge in [-0.15, -0.1) is 0 Å². The molecule has 0 unspecified atom stereocenters. The molecule has 66 valence electrons. The first-order chi connectivity index (χ1) is 5.72. The van der Waals surface area contributed by atoms with Crippen LogP contribution in [0.2, 0.25) is 0 Å². The highest BCUT2D eigenvalue weighted by Gasteiger charge is 1.99. The molecule has 0 saturated heterocycles. The largest absolute Gasteiger partial charge is 0.225 e. The lowest BCUT2D eigenvalue weighted by molar-refractivity contribution is 0.997. The number of hydrogen-bond donors (Lipinski definition) is 0. The van der Waals surface area contributed by atoms with Crippen LogP contribution in [0.4, 0.5) is 0 Å². The summed E-state index contributed by atoms with van der Waals surface area (Å²) in [6.07, 6.45) is 0. The molecule has 0 bridgehead atoms. The topological polar surface area (TPSA) is 25.8 Å². The molecule has 1 rings (SSSR count). The van der Waals surface area contributed by atoms with Gasteiger partial charge in [-0.1, -0.05) is 6.92 Å². The van der Waals surface area contributed by atoms with Gasteiger partial charge in [0.2, 0.25) is 0 Å². The molecule has 0 aromatic carbocycles. The first-order valence-electron chi connectivity index (χ1n) is 3.49. The van der Waals surface area contributed by atoms with E-state index >= 15 is 0 Å². The van der Waals surface area contributed by atoms with E-state index in [-0.39, 0.29) is 0 Å². The quantitative estimate of drug-likeness (QED) is 0.801. The molecule has 0 N–H and O–H groups in total. The number of nitrogens with zero attached hydrogens (tertiary/aromatic N) is 2. The van der Waals surface area contributed by atoms with E-state index in [1.54, 1.807) is 0 Å². The first kappa shape index (κ1) is 10.5. The lowest BCUT2D eigenvalue weighted by atomic mass is 10.6. The fourth-order valence-electron chi connectivity index (χ4n) is 0.692. The maximum Gasteiger partial charge on any atom is 0.140 e. The summed E-state index contributed by atoms with van der Waals surface area (Å²) in [6, 6.07) is 1.83. The normalized spacial score (nSPS) is 10.2. The van der Waals surface area contributed by atoms with Crippen LogP contribution in [0, 0.1) is 0 Å². The van der Waals surface area contributed by atoms with E-state index in [2.05, 4.69) is 48.8 Å². The molecule has 1 aromatic rings. The average Bonchev–Trinajstić information content (AvgIpc) is 1.99. The van der Waals surface area contributed by atoms with Crippen molar-refractivity contribution in [3.8, 4) is 0 Å². The molecule has 2 nitrogen and oxygen atoms in total. The van der Waals surface area contributed by atoms with E-state index in [0.29, 0.717) is 0 Å². The van der Waals surface area contributed by atoms with Crippen LogP contribution in [0.15, 0.2) is 15.3 Å². The summed E-state index contributed by atoms with van der Waals surface area (Å²) >= 11 is 8.44. The summed E-state index contributed by atoms with van der Waals surface area (Å²) in [5.41, 5.74) is 0. The second-order valence-electron chi connectivity index (χ2n) is 2.07. The molecule has 0 fully saturated rings. The summed E-state index contributed by atoms with van der Waals surface area (Å²) in [4.78, 5) is 8.45. The van der Waals surface area contributed by atoms with Crippen LogP contribution in [0.1, 0.15) is 12.7 Å². The van der Waals surface area contributed by atoms with Gasteiger partial charge >= 0.3 is 0 Å². The number of rotatable bonds is 3. The molecule has 0 spiro atoms. The predicted molar refractivity (Wildman–Crippen MR) is 59.3 cm³/mol. The molecule has 0 radical (unpaired) electrons. The molecule has 0 saturated carbocycles. The van der Waals surface area contributed by atoms with E-state index in [9.17, 15) is 0 Å². The van der Waals surface area contributed by atoms with Crippen molar-refractivity contribution >= 4 is 43.6 Å². The molecule has 1 aromatic heterocycles. The summed E-state index contributed by atoms with van der Waals surface area (Å²) in [6.45, 7) is 2.12. The van der Waals surface area contributed by atoms with Gasteiger partial charge in [0.05, 0.1) is 5.75 Å². The monoisotopic (exact) mass is 310 g/mol. The van der Waals surface area contributed by atoms with Gasteiger partial charge < -0.3 is 0 Å². The van der Waals surface area contributed by atoms with Crippen molar-refractivity contribution in [2.75, 3.05) is 5.75 Å². The lowest BCUT2D eigenvalue weighted by Gasteiger charge is -1.99. The van der Waals surface area contributed by atoms with Crippen molar-refractivity contribution < 1.29 is 0 Å². The van der Waals surface area contributed by atoms with Gasteiger partial charge in [0, 0.05) is 6.07 Å². The molecule has 0 aliphatic carbocycles. The lowest BCUT2D eigenvalue weighted by Crippen LogP contribution is -1.93. The Kier molecular flexibility index (Phi) is 4.53. The van der Waals surface area contributed by atoms with Crippen molar-refractivity contribution in [3.63, 3.8) is 0 Å². The molecule has 12 heavy (non-hydrogen) atoms. The summed E-state index contributed by atoms with van der Waals surface area (Å²) < 4.78 is 1.66.